The number of amides is 1. The van der Waals surface area contributed by atoms with Gasteiger partial charge in [-0.05, 0) is 58.9 Å². The first-order valence-corrected chi connectivity index (χ1v) is 7.54. The molecule has 1 aromatic carbocycles. The number of carbonyl (C=O) groups excluding carboxylic acids is 1. The number of hydrogen-bond donors (Lipinski definition) is 2. The average Bonchev–Trinajstić information content (AvgIpc) is 2.32. The summed E-state index contributed by atoms with van der Waals surface area (Å²) in [5, 5.41) is 3.49. The molecule has 0 aromatic heterocycles. The van der Waals surface area contributed by atoms with Gasteiger partial charge in [0.1, 0.15) is 0 Å². The van der Waals surface area contributed by atoms with Crippen molar-refractivity contribution in [1.82, 2.24) is 0 Å². The summed E-state index contributed by atoms with van der Waals surface area (Å²) in [6.07, 6.45) is 1.42. The number of hydrogen-bond acceptors (Lipinski definition) is 2. The van der Waals surface area contributed by atoms with Gasteiger partial charge in [0.15, 0.2) is 0 Å². The lowest BCUT2D eigenvalue weighted by Crippen LogP contribution is -2.23. The fraction of sp³-hybridized carbons (Fsp3) is 0.500. The van der Waals surface area contributed by atoms with Gasteiger partial charge in [0.2, 0.25) is 5.91 Å². The van der Waals surface area contributed by atoms with Crippen molar-refractivity contribution in [2.75, 3.05) is 11.9 Å². The lowest BCUT2D eigenvalue weighted by Gasteiger charge is -2.16. The molecule has 0 unspecified atom stereocenters. The van der Waals surface area contributed by atoms with Gasteiger partial charge in [-0.2, -0.15) is 0 Å². The number of rotatable bonds is 6. The number of carbonyl (C=O) groups is 1. The van der Waals surface area contributed by atoms with Gasteiger partial charge in [0.05, 0.1) is 5.02 Å². The van der Waals surface area contributed by atoms with Crippen molar-refractivity contribution >= 4 is 39.1 Å². The summed E-state index contributed by atoms with van der Waals surface area (Å²) in [5.41, 5.74) is 6.44. The van der Waals surface area contributed by atoms with Gasteiger partial charge in [-0.15, -0.1) is 0 Å². The van der Waals surface area contributed by atoms with Crippen LogP contribution in [0.3, 0.4) is 0 Å². The Morgan fingerprint density at radius 1 is 1.47 bits per heavy atom. The molecule has 0 saturated heterocycles. The highest BCUT2D eigenvalue weighted by molar-refractivity contribution is 9.10. The maximum Gasteiger partial charge on any atom is 0.224 e. The summed E-state index contributed by atoms with van der Waals surface area (Å²) in [4.78, 5) is 11.9. The second-order valence-corrected chi connectivity index (χ2v) is 6.37. The lowest BCUT2D eigenvalue weighted by molar-refractivity contribution is -0.117. The monoisotopic (exact) mass is 346 g/mol. The van der Waals surface area contributed by atoms with E-state index in [4.69, 9.17) is 17.3 Å². The van der Waals surface area contributed by atoms with Crippen molar-refractivity contribution in [2.45, 2.75) is 26.7 Å². The molecular weight excluding hydrogens is 328 g/mol. The van der Waals surface area contributed by atoms with E-state index < -0.39 is 0 Å². The van der Waals surface area contributed by atoms with Crippen molar-refractivity contribution in [1.29, 1.82) is 0 Å². The van der Waals surface area contributed by atoms with Crippen molar-refractivity contribution in [3.63, 3.8) is 0 Å². The predicted molar refractivity (Wildman–Crippen MR) is 84.4 cm³/mol. The lowest BCUT2D eigenvalue weighted by atomic mass is 9.94. The van der Waals surface area contributed by atoms with Gasteiger partial charge in [-0.3, -0.25) is 4.79 Å². The van der Waals surface area contributed by atoms with Crippen LogP contribution in [-0.4, -0.2) is 12.5 Å². The van der Waals surface area contributed by atoms with Crippen LogP contribution in [0.1, 0.15) is 26.7 Å². The van der Waals surface area contributed by atoms with Crippen molar-refractivity contribution in [3.8, 4) is 0 Å². The van der Waals surface area contributed by atoms with Crippen LogP contribution in [0.4, 0.5) is 5.69 Å². The van der Waals surface area contributed by atoms with E-state index in [-0.39, 0.29) is 11.8 Å². The summed E-state index contributed by atoms with van der Waals surface area (Å²) >= 11 is 9.24. The summed E-state index contributed by atoms with van der Waals surface area (Å²) in [7, 11) is 0. The molecule has 0 saturated carbocycles. The third kappa shape index (κ3) is 5.93. The summed E-state index contributed by atoms with van der Waals surface area (Å²) < 4.78 is 0.768. The fourth-order valence-corrected chi connectivity index (χ4v) is 2.47. The molecule has 0 fully saturated rings. The SMILES string of the molecule is CC(C)C[C@H](CN)CC(=O)Nc1ccc(Cl)c(Br)c1. The molecule has 0 aliphatic heterocycles. The molecule has 19 heavy (non-hydrogen) atoms. The topological polar surface area (TPSA) is 55.1 Å². The quantitative estimate of drug-likeness (QED) is 0.815. The summed E-state index contributed by atoms with van der Waals surface area (Å²) in [5.74, 6) is 0.770. The van der Waals surface area contributed by atoms with Crippen LogP contribution in [-0.2, 0) is 4.79 Å². The minimum atomic E-state index is -0.00896. The maximum absolute atomic E-state index is 11.9. The number of anilines is 1. The van der Waals surface area contributed by atoms with Gasteiger partial charge in [0, 0.05) is 16.6 Å². The van der Waals surface area contributed by atoms with Crippen molar-refractivity contribution in [2.24, 2.45) is 17.6 Å². The number of nitrogens with two attached hydrogens (primary N) is 1. The standard InChI is InChI=1S/C14H20BrClN2O/c1-9(2)5-10(8-17)6-14(19)18-11-3-4-13(16)12(15)7-11/h3-4,7,9-10H,5-6,8,17H2,1-2H3,(H,18,19)/t10-/m0/s1. The molecule has 1 atom stereocenters. The zero-order valence-corrected chi connectivity index (χ0v) is 13.6. The van der Waals surface area contributed by atoms with Crippen LogP contribution in [0.5, 0.6) is 0 Å². The Hall–Kier alpha value is -0.580. The molecule has 0 aliphatic carbocycles. The van der Waals surface area contributed by atoms with Crippen LogP contribution < -0.4 is 11.1 Å². The highest BCUT2D eigenvalue weighted by Crippen LogP contribution is 2.26. The van der Waals surface area contributed by atoms with Gasteiger partial charge in [0.25, 0.3) is 0 Å². The average molecular weight is 348 g/mol. The summed E-state index contributed by atoms with van der Waals surface area (Å²) in [6.45, 7) is 4.81. The van der Waals surface area contributed by atoms with Gasteiger partial charge in [-0.25, -0.2) is 0 Å². The summed E-state index contributed by atoms with van der Waals surface area (Å²) in [6, 6.07) is 5.32. The third-order valence-electron chi connectivity index (χ3n) is 2.82. The Labute approximate surface area is 128 Å². The predicted octanol–water partition coefficient (Wildman–Crippen LogP) is 4.05. The van der Waals surface area contributed by atoms with Crippen LogP contribution in [0.2, 0.25) is 5.02 Å². The minimum Gasteiger partial charge on any atom is -0.330 e. The normalized spacial score (nSPS) is 12.5. The molecule has 1 amide bonds. The van der Waals surface area contributed by atoms with E-state index in [9.17, 15) is 4.79 Å². The molecule has 0 spiro atoms. The van der Waals surface area contributed by atoms with Crippen LogP contribution >= 0.6 is 27.5 Å². The van der Waals surface area contributed by atoms with Crippen molar-refractivity contribution < 1.29 is 4.79 Å². The van der Waals surface area contributed by atoms with E-state index in [1.54, 1.807) is 18.2 Å². The molecule has 1 rings (SSSR count). The zero-order chi connectivity index (χ0) is 14.4. The second-order valence-electron chi connectivity index (χ2n) is 5.11. The molecule has 3 N–H and O–H groups in total. The van der Waals surface area contributed by atoms with Crippen LogP contribution in [0.15, 0.2) is 22.7 Å². The van der Waals surface area contributed by atoms with E-state index >= 15 is 0 Å². The molecule has 1 aromatic rings. The fourth-order valence-electron chi connectivity index (χ4n) is 1.98. The molecule has 106 valence electrons. The maximum atomic E-state index is 11.9. The molecular formula is C14H20BrClN2O. The number of benzene rings is 1. The van der Waals surface area contributed by atoms with E-state index in [1.165, 1.54) is 0 Å². The highest BCUT2D eigenvalue weighted by atomic mass is 79.9. The van der Waals surface area contributed by atoms with Gasteiger partial charge < -0.3 is 11.1 Å². The number of halogens is 2. The Bertz CT molecular complexity index is 437. The first-order chi connectivity index (χ1) is 8.92. The second kappa shape index (κ2) is 7.88. The minimum absolute atomic E-state index is 0.00896. The molecule has 5 heteroatoms. The first-order valence-electron chi connectivity index (χ1n) is 6.37. The number of nitrogens with one attached hydrogen (secondary N) is 1. The molecule has 0 aliphatic rings. The van der Waals surface area contributed by atoms with E-state index in [1.807, 2.05) is 0 Å². The van der Waals surface area contributed by atoms with Gasteiger partial charge in [-0.1, -0.05) is 25.4 Å². The Morgan fingerprint density at radius 3 is 2.68 bits per heavy atom. The smallest absolute Gasteiger partial charge is 0.224 e. The zero-order valence-electron chi connectivity index (χ0n) is 11.2. The van der Waals surface area contributed by atoms with Crippen molar-refractivity contribution in [3.05, 3.63) is 27.7 Å². The highest BCUT2D eigenvalue weighted by Gasteiger charge is 2.14. The largest absolute Gasteiger partial charge is 0.330 e. The molecule has 0 radical (unpaired) electrons. The third-order valence-corrected chi connectivity index (χ3v) is 4.03. The Kier molecular flexibility index (Phi) is 6.83. The Balaban J connectivity index is 2.56. The van der Waals surface area contributed by atoms with E-state index in [0.29, 0.717) is 23.9 Å². The molecule has 0 heterocycles. The van der Waals surface area contributed by atoms with E-state index in [2.05, 4.69) is 35.1 Å². The van der Waals surface area contributed by atoms with Crippen LogP contribution in [0.25, 0.3) is 0 Å². The first kappa shape index (κ1) is 16.5. The molecule has 3 nitrogen and oxygen atoms in total. The van der Waals surface area contributed by atoms with E-state index in [0.717, 1.165) is 16.6 Å². The molecule has 0 bridgehead atoms. The van der Waals surface area contributed by atoms with Gasteiger partial charge >= 0.3 is 0 Å². The van der Waals surface area contributed by atoms with Crippen LogP contribution in [0, 0.1) is 11.8 Å². The Morgan fingerprint density at radius 2 is 2.16 bits per heavy atom.